The van der Waals surface area contributed by atoms with Crippen molar-refractivity contribution in [2.24, 2.45) is 0 Å². The summed E-state index contributed by atoms with van der Waals surface area (Å²) in [4.78, 5) is 0. The fourth-order valence-electron chi connectivity index (χ4n) is 1.71. The zero-order chi connectivity index (χ0) is 8.72. The van der Waals surface area contributed by atoms with Gasteiger partial charge in [0.2, 0.25) is 0 Å². The van der Waals surface area contributed by atoms with Gasteiger partial charge in [-0.15, -0.1) is 0 Å². The number of benzene rings is 1. The summed E-state index contributed by atoms with van der Waals surface area (Å²) < 4.78 is 0.852. The predicted molar refractivity (Wildman–Crippen MR) is 55.6 cm³/mol. The second-order valence-corrected chi connectivity index (χ2v) is 4.28. The maximum atomic E-state index is 5.97. The van der Waals surface area contributed by atoms with Crippen LogP contribution >= 0.6 is 27.5 Å². The number of hydrogen-bond acceptors (Lipinski definition) is 1. The van der Waals surface area contributed by atoms with Gasteiger partial charge in [-0.3, -0.25) is 0 Å². The Morgan fingerprint density at radius 1 is 1.42 bits per heavy atom. The van der Waals surface area contributed by atoms with Crippen LogP contribution in [0, 0.1) is 0 Å². The Morgan fingerprint density at radius 3 is 2.92 bits per heavy atom. The van der Waals surface area contributed by atoms with Crippen LogP contribution in [0.4, 0.5) is 5.69 Å². The molecule has 1 aliphatic rings. The Kier molecular flexibility index (Phi) is 2.05. The Labute approximate surface area is 85.0 Å². The van der Waals surface area contributed by atoms with Gasteiger partial charge in [-0.25, -0.2) is 0 Å². The largest absolute Gasteiger partial charge is 0.398 e. The molecule has 1 nitrogen and oxygen atoms in total. The van der Waals surface area contributed by atoms with Crippen LogP contribution in [0.3, 0.4) is 0 Å². The summed E-state index contributed by atoms with van der Waals surface area (Å²) in [5, 5.41) is 0.730. The molecule has 2 rings (SSSR count). The third-order valence-corrected chi connectivity index (χ3v) is 3.71. The van der Waals surface area contributed by atoms with E-state index >= 15 is 0 Å². The first-order valence-electron chi connectivity index (χ1n) is 3.95. The van der Waals surface area contributed by atoms with Gasteiger partial charge in [-0.05, 0) is 52.4 Å². The number of aryl methyl sites for hydroxylation is 1. The van der Waals surface area contributed by atoms with Gasteiger partial charge >= 0.3 is 0 Å². The van der Waals surface area contributed by atoms with Crippen LogP contribution in [0.5, 0.6) is 0 Å². The van der Waals surface area contributed by atoms with Crippen molar-refractivity contribution < 1.29 is 0 Å². The quantitative estimate of drug-likeness (QED) is 0.699. The predicted octanol–water partition coefficient (Wildman–Crippen LogP) is 3.17. The van der Waals surface area contributed by atoms with E-state index in [0.29, 0.717) is 0 Å². The van der Waals surface area contributed by atoms with E-state index in [0.717, 1.165) is 28.0 Å². The van der Waals surface area contributed by atoms with Crippen LogP contribution in [-0.2, 0) is 12.8 Å². The molecule has 12 heavy (non-hydrogen) atoms. The molecular weight excluding hydrogens is 237 g/mol. The van der Waals surface area contributed by atoms with E-state index in [4.69, 9.17) is 17.3 Å². The summed E-state index contributed by atoms with van der Waals surface area (Å²) in [7, 11) is 0. The first-order valence-corrected chi connectivity index (χ1v) is 5.12. The normalized spacial score (nSPS) is 14.8. The fourth-order valence-corrected chi connectivity index (χ4v) is 2.30. The van der Waals surface area contributed by atoms with Gasteiger partial charge in [0.05, 0.1) is 15.2 Å². The van der Waals surface area contributed by atoms with Gasteiger partial charge in [0.25, 0.3) is 0 Å². The minimum Gasteiger partial charge on any atom is -0.398 e. The summed E-state index contributed by atoms with van der Waals surface area (Å²) in [5.41, 5.74) is 9.34. The lowest BCUT2D eigenvalue weighted by molar-refractivity contribution is 0.912. The van der Waals surface area contributed by atoms with Gasteiger partial charge < -0.3 is 5.73 Å². The number of fused-ring (bicyclic) bond motifs is 1. The number of rotatable bonds is 0. The summed E-state index contributed by atoms with van der Waals surface area (Å²) in [6.45, 7) is 0. The summed E-state index contributed by atoms with van der Waals surface area (Å²) >= 11 is 9.35. The zero-order valence-electron chi connectivity index (χ0n) is 6.53. The first kappa shape index (κ1) is 8.39. The molecule has 0 saturated carbocycles. The van der Waals surface area contributed by atoms with Crippen LogP contribution in [0.15, 0.2) is 10.5 Å². The van der Waals surface area contributed by atoms with Crippen LogP contribution in [0.25, 0.3) is 0 Å². The average molecular weight is 247 g/mol. The van der Waals surface area contributed by atoms with Gasteiger partial charge in [-0.2, -0.15) is 0 Å². The van der Waals surface area contributed by atoms with Crippen molar-refractivity contribution in [1.82, 2.24) is 0 Å². The third-order valence-electron chi connectivity index (χ3n) is 2.33. The highest BCUT2D eigenvalue weighted by Crippen LogP contribution is 2.37. The highest BCUT2D eigenvalue weighted by molar-refractivity contribution is 9.10. The molecule has 1 aromatic carbocycles. The molecule has 1 aromatic rings. The summed E-state index contributed by atoms with van der Waals surface area (Å²) in [5.74, 6) is 0. The summed E-state index contributed by atoms with van der Waals surface area (Å²) in [6.07, 6.45) is 3.41. The second kappa shape index (κ2) is 2.93. The van der Waals surface area contributed by atoms with Crippen molar-refractivity contribution in [3.05, 3.63) is 26.7 Å². The number of nitrogen functional groups attached to an aromatic ring is 1. The minimum absolute atomic E-state index is 0.730. The molecule has 0 aliphatic heterocycles. The minimum atomic E-state index is 0.730. The van der Waals surface area contributed by atoms with E-state index in [9.17, 15) is 0 Å². The molecule has 0 unspecified atom stereocenters. The fraction of sp³-hybridized carbons (Fsp3) is 0.333. The molecule has 0 aromatic heterocycles. The Morgan fingerprint density at radius 2 is 2.17 bits per heavy atom. The van der Waals surface area contributed by atoms with Gasteiger partial charge in [0.1, 0.15) is 0 Å². The number of anilines is 1. The Bertz CT molecular complexity index is 336. The molecule has 2 N–H and O–H groups in total. The van der Waals surface area contributed by atoms with Crippen LogP contribution in [-0.4, -0.2) is 0 Å². The second-order valence-electron chi connectivity index (χ2n) is 3.08. The Balaban J connectivity index is 2.67. The van der Waals surface area contributed by atoms with Gasteiger partial charge in [-0.1, -0.05) is 11.6 Å². The van der Waals surface area contributed by atoms with Crippen molar-refractivity contribution in [2.75, 3.05) is 5.73 Å². The monoisotopic (exact) mass is 245 g/mol. The molecule has 0 saturated heterocycles. The van der Waals surface area contributed by atoms with Gasteiger partial charge in [0.15, 0.2) is 0 Å². The topological polar surface area (TPSA) is 26.0 Å². The molecule has 3 heteroatoms. The van der Waals surface area contributed by atoms with Crippen LogP contribution in [0.2, 0.25) is 5.02 Å². The molecular formula is C9H9BrClN. The molecule has 0 atom stereocenters. The van der Waals surface area contributed by atoms with E-state index in [1.165, 1.54) is 17.5 Å². The van der Waals surface area contributed by atoms with Crippen LogP contribution < -0.4 is 5.73 Å². The van der Waals surface area contributed by atoms with Gasteiger partial charge in [0, 0.05) is 0 Å². The van der Waals surface area contributed by atoms with Crippen molar-refractivity contribution in [3.63, 3.8) is 0 Å². The van der Waals surface area contributed by atoms with E-state index in [1.54, 1.807) is 0 Å². The van der Waals surface area contributed by atoms with Crippen LogP contribution in [0.1, 0.15) is 17.5 Å². The molecule has 0 bridgehead atoms. The maximum absolute atomic E-state index is 5.97. The molecule has 0 heterocycles. The smallest absolute Gasteiger partial charge is 0.0594 e. The lowest BCUT2D eigenvalue weighted by Gasteiger charge is -2.07. The number of halogens is 2. The molecule has 0 fully saturated rings. The molecule has 0 spiro atoms. The number of nitrogens with two attached hydrogens (primary N) is 1. The van der Waals surface area contributed by atoms with E-state index in [-0.39, 0.29) is 0 Å². The number of hydrogen-bond donors (Lipinski definition) is 1. The SMILES string of the molecule is Nc1c(Br)c(Cl)cc2c1CCC2. The maximum Gasteiger partial charge on any atom is 0.0594 e. The Hall–Kier alpha value is -0.210. The molecule has 0 radical (unpaired) electrons. The molecule has 1 aliphatic carbocycles. The van der Waals surface area contributed by atoms with Crippen molar-refractivity contribution in [3.8, 4) is 0 Å². The van der Waals surface area contributed by atoms with E-state index < -0.39 is 0 Å². The lowest BCUT2D eigenvalue weighted by Crippen LogP contribution is -1.95. The van der Waals surface area contributed by atoms with Crippen molar-refractivity contribution in [2.45, 2.75) is 19.3 Å². The lowest BCUT2D eigenvalue weighted by atomic mass is 10.1. The van der Waals surface area contributed by atoms with E-state index in [1.807, 2.05) is 6.07 Å². The first-order chi connectivity index (χ1) is 5.70. The standard InChI is InChI=1S/C9H9BrClN/c10-8-7(11)4-5-2-1-3-6(5)9(8)12/h4H,1-3,12H2. The molecule has 0 amide bonds. The highest BCUT2D eigenvalue weighted by Gasteiger charge is 2.17. The van der Waals surface area contributed by atoms with Crippen molar-refractivity contribution in [1.29, 1.82) is 0 Å². The third kappa shape index (κ3) is 1.14. The van der Waals surface area contributed by atoms with E-state index in [2.05, 4.69) is 15.9 Å². The average Bonchev–Trinajstić information content (AvgIpc) is 2.48. The zero-order valence-corrected chi connectivity index (χ0v) is 8.87. The highest BCUT2D eigenvalue weighted by atomic mass is 79.9. The van der Waals surface area contributed by atoms with Crippen molar-refractivity contribution >= 4 is 33.2 Å². The summed E-state index contributed by atoms with van der Waals surface area (Å²) in [6, 6.07) is 2.02. The molecule has 64 valence electrons.